The molecule has 1 saturated heterocycles. The maximum atomic E-state index is 11.6. The topological polar surface area (TPSA) is 172 Å². The third-order valence-electron chi connectivity index (χ3n) is 3.81. The minimum Gasteiger partial charge on any atom is -0.477 e. The molecule has 0 spiro atoms. The molecule has 25 heavy (non-hydrogen) atoms. The largest absolute Gasteiger partial charge is 0.477 e. The van der Waals surface area contributed by atoms with Crippen molar-refractivity contribution in [3.05, 3.63) is 0 Å². The molecule has 11 nitrogen and oxygen atoms in total. The van der Waals surface area contributed by atoms with E-state index in [4.69, 9.17) is 19.3 Å². The lowest BCUT2D eigenvalue weighted by atomic mass is 9.88. The van der Waals surface area contributed by atoms with Crippen LogP contribution in [0, 0.1) is 0 Å². The van der Waals surface area contributed by atoms with Crippen molar-refractivity contribution in [1.82, 2.24) is 5.32 Å². The minimum atomic E-state index is -2.28. The maximum Gasteiger partial charge on any atom is 0.364 e. The van der Waals surface area contributed by atoms with Crippen molar-refractivity contribution in [1.29, 1.82) is 0 Å². The van der Waals surface area contributed by atoms with Gasteiger partial charge in [0.25, 0.3) is 5.79 Å². The van der Waals surface area contributed by atoms with Crippen molar-refractivity contribution in [2.24, 2.45) is 0 Å². The fourth-order valence-electron chi connectivity index (χ4n) is 2.65. The number of carbonyl (C=O) groups excluding carboxylic acids is 2. The average molecular weight is 365 g/mol. The first kappa shape index (κ1) is 21.3. The molecular formula is C14H23NO10. The number of carboxylic acids is 1. The Morgan fingerprint density at radius 3 is 2.32 bits per heavy atom. The van der Waals surface area contributed by atoms with Crippen molar-refractivity contribution >= 4 is 17.8 Å². The number of ether oxygens (including phenoxy) is 3. The summed E-state index contributed by atoms with van der Waals surface area (Å²) in [6.07, 6.45) is -6.73. The van der Waals surface area contributed by atoms with Crippen molar-refractivity contribution in [3.63, 3.8) is 0 Å². The van der Waals surface area contributed by atoms with E-state index in [2.05, 4.69) is 5.32 Å². The first-order valence-electron chi connectivity index (χ1n) is 7.45. The van der Waals surface area contributed by atoms with Crippen LogP contribution in [-0.2, 0) is 28.6 Å². The van der Waals surface area contributed by atoms with E-state index in [0.717, 1.165) is 21.0 Å². The van der Waals surface area contributed by atoms with Crippen LogP contribution in [0.2, 0.25) is 0 Å². The van der Waals surface area contributed by atoms with Gasteiger partial charge in [-0.25, -0.2) is 4.79 Å². The summed E-state index contributed by atoms with van der Waals surface area (Å²) < 4.78 is 15.3. The molecule has 0 bridgehead atoms. The standard InChI is InChI=1S/C14H23NO10/c1-6(17)15-10-9(24-7(2)18)4-14(23-3,13(21)22)25-12(10)11(20)8(19)5-16/h8-12,16,19-20H,4-5H2,1-3H3,(H,15,17)(H,21,22). The van der Waals surface area contributed by atoms with Crippen LogP contribution in [0.4, 0.5) is 0 Å². The van der Waals surface area contributed by atoms with E-state index in [0.29, 0.717) is 0 Å². The van der Waals surface area contributed by atoms with Gasteiger partial charge in [-0.2, -0.15) is 0 Å². The predicted octanol–water partition coefficient (Wildman–Crippen LogP) is -2.65. The Balaban J connectivity index is 3.33. The molecule has 1 aliphatic rings. The van der Waals surface area contributed by atoms with Gasteiger partial charge in [0.1, 0.15) is 24.4 Å². The summed E-state index contributed by atoms with van der Waals surface area (Å²) in [7, 11) is 1.05. The predicted molar refractivity (Wildman–Crippen MR) is 79.1 cm³/mol. The van der Waals surface area contributed by atoms with Gasteiger partial charge in [-0.1, -0.05) is 0 Å². The molecule has 144 valence electrons. The summed E-state index contributed by atoms with van der Waals surface area (Å²) in [6, 6.07) is -1.18. The summed E-state index contributed by atoms with van der Waals surface area (Å²) in [5.74, 6) is -5.16. The van der Waals surface area contributed by atoms with Gasteiger partial charge in [0.15, 0.2) is 0 Å². The molecule has 0 aromatic carbocycles. The van der Waals surface area contributed by atoms with E-state index in [1.165, 1.54) is 0 Å². The quantitative estimate of drug-likeness (QED) is 0.300. The van der Waals surface area contributed by atoms with Gasteiger partial charge >= 0.3 is 11.9 Å². The van der Waals surface area contributed by atoms with Crippen LogP contribution in [0.1, 0.15) is 20.3 Å². The molecule has 1 rings (SSSR count). The molecule has 1 aliphatic heterocycles. The van der Waals surface area contributed by atoms with Crippen LogP contribution in [0.3, 0.4) is 0 Å². The van der Waals surface area contributed by atoms with Gasteiger partial charge in [0.2, 0.25) is 5.91 Å². The number of methoxy groups -OCH3 is 1. The molecule has 1 amide bonds. The number of carbonyl (C=O) groups is 3. The number of nitrogens with one attached hydrogen (secondary N) is 1. The number of carboxylic acid groups (broad SMARTS) is 1. The highest BCUT2D eigenvalue weighted by Gasteiger charge is 2.56. The van der Waals surface area contributed by atoms with Crippen molar-refractivity contribution in [2.45, 2.75) is 56.5 Å². The summed E-state index contributed by atoms with van der Waals surface area (Å²) in [4.78, 5) is 34.4. The van der Waals surface area contributed by atoms with Crippen LogP contribution in [0.15, 0.2) is 0 Å². The van der Waals surface area contributed by atoms with Gasteiger partial charge < -0.3 is 40.0 Å². The van der Waals surface area contributed by atoms with Gasteiger partial charge in [-0.15, -0.1) is 0 Å². The average Bonchev–Trinajstić information content (AvgIpc) is 2.53. The SMILES string of the molecule is COC1(C(=O)O)CC(OC(C)=O)C(NC(C)=O)C(C(O)C(O)CO)O1. The lowest BCUT2D eigenvalue weighted by Gasteiger charge is -2.46. The number of aliphatic carboxylic acids is 1. The highest BCUT2D eigenvalue weighted by Crippen LogP contribution is 2.34. The Morgan fingerprint density at radius 1 is 1.32 bits per heavy atom. The number of aliphatic hydroxyl groups excluding tert-OH is 3. The summed E-state index contributed by atoms with van der Waals surface area (Å²) in [6.45, 7) is 1.40. The van der Waals surface area contributed by atoms with E-state index in [9.17, 15) is 29.7 Å². The highest BCUT2D eigenvalue weighted by atomic mass is 16.7. The normalized spacial score (nSPS) is 31.7. The lowest BCUT2D eigenvalue weighted by Crippen LogP contribution is -2.68. The van der Waals surface area contributed by atoms with Crippen molar-refractivity contribution in [3.8, 4) is 0 Å². The molecule has 0 aromatic rings. The van der Waals surface area contributed by atoms with Crippen LogP contribution in [0.5, 0.6) is 0 Å². The Morgan fingerprint density at radius 2 is 1.92 bits per heavy atom. The Kier molecular flexibility index (Phi) is 7.26. The van der Waals surface area contributed by atoms with Gasteiger partial charge in [0, 0.05) is 21.0 Å². The third kappa shape index (κ3) is 4.86. The van der Waals surface area contributed by atoms with E-state index >= 15 is 0 Å². The lowest BCUT2D eigenvalue weighted by molar-refractivity contribution is -0.304. The minimum absolute atomic E-state index is 0.470. The second kappa shape index (κ2) is 8.54. The molecule has 0 saturated carbocycles. The number of amides is 1. The zero-order valence-electron chi connectivity index (χ0n) is 14.0. The number of aliphatic hydroxyl groups is 3. The Bertz CT molecular complexity index is 512. The fraction of sp³-hybridized carbons (Fsp3) is 0.786. The van der Waals surface area contributed by atoms with Crippen LogP contribution >= 0.6 is 0 Å². The maximum absolute atomic E-state index is 11.6. The number of esters is 1. The van der Waals surface area contributed by atoms with Gasteiger partial charge in [0.05, 0.1) is 19.1 Å². The fourth-order valence-corrected chi connectivity index (χ4v) is 2.65. The molecule has 1 heterocycles. The van der Waals surface area contributed by atoms with Gasteiger partial charge in [-0.3, -0.25) is 9.59 Å². The summed E-state index contributed by atoms with van der Waals surface area (Å²) in [5.41, 5.74) is 0. The second-order valence-corrected chi connectivity index (χ2v) is 5.66. The van der Waals surface area contributed by atoms with Crippen LogP contribution in [0.25, 0.3) is 0 Å². The second-order valence-electron chi connectivity index (χ2n) is 5.66. The third-order valence-corrected chi connectivity index (χ3v) is 3.81. The van der Waals surface area contributed by atoms with Crippen molar-refractivity contribution in [2.75, 3.05) is 13.7 Å². The molecule has 6 atom stereocenters. The molecule has 11 heteroatoms. The zero-order chi connectivity index (χ0) is 19.4. The smallest absolute Gasteiger partial charge is 0.364 e. The van der Waals surface area contributed by atoms with E-state index in [1.54, 1.807) is 0 Å². The molecule has 1 fully saturated rings. The highest BCUT2D eigenvalue weighted by molar-refractivity contribution is 5.77. The van der Waals surface area contributed by atoms with Gasteiger partial charge in [-0.05, 0) is 0 Å². The van der Waals surface area contributed by atoms with Crippen LogP contribution in [-0.4, -0.2) is 88.2 Å². The van der Waals surface area contributed by atoms with E-state index < -0.39 is 67.1 Å². The number of hydrogen-bond acceptors (Lipinski definition) is 9. The van der Waals surface area contributed by atoms with E-state index in [1.807, 2.05) is 0 Å². The molecule has 5 N–H and O–H groups in total. The molecule has 0 aliphatic carbocycles. The molecule has 0 aromatic heterocycles. The number of hydrogen-bond donors (Lipinski definition) is 5. The summed E-state index contributed by atoms with van der Waals surface area (Å²) >= 11 is 0. The van der Waals surface area contributed by atoms with Crippen molar-refractivity contribution < 1.29 is 49.0 Å². The number of rotatable bonds is 7. The first-order chi connectivity index (χ1) is 11.6. The van der Waals surface area contributed by atoms with E-state index in [-0.39, 0.29) is 0 Å². The summed E-state index contributed by atoms with van der Waals surface area (Å²) in [5, 5.41) is 40.8. The first-order valence-corrected chi connectivity index (χ1v) is 7.45. The van der Waals surface area contributed by atoms with Crippen LogP contribution < -0.4 is 5.32 Å². The Hall–Kier alpha value is -1.79. The monoisotopic (exact) mass is 365 g/mol. The molecular weight excluding hydrogens is 342 g/mol. The molecule has 0 radical (unpaired) electrons. The molecule has 6 unspecified atom stereocenters. The Labute approximate surface area is 143 Å². The zero-order valence-corrected chi connectivity index (χ0v) is 14.0.